The van der Waals surface area contributed by atoms with Crippen molar-refractivity contribution in [3.63, 3.8) is 0 Å². The molecule has 3 amide bonds. The summed E-state index contributed by atoms with van der Waals surface area (Å²) in [6, 6.07) is 26.7. The lowest BCUT2D eigenvalue weighted by Crippen LogP contribution is -2.56. The van der Waals surface area contributed by atoms with Gasteiger partial charge in [0.05, 0.1) is 11.7 Å². The lowest BCUT2D eigenvalue weighted by Gasteiger charge is -2.24. The van der Waals surface area contributed by atoms with Crippen LogP contribution in [0.15, 0.2) is 108 Å². The number of guanidine groups is 1. The molecule has 0 aliphatic rings. The van der Waals surface area contributed by atoms with Gasteiger partial charge in [0.2, 0.25) is 17.7 Å². The van der Waals surface area contributed by atoms with E-state index in [1.54, 1.807) is 24.3 Å². The van der Waals surface area contributed by atoms with Crippen molar-refractivity contribution >= 4 is 29.4 Å². The second-order valence-electron chi connectivity index (χ2n) is 10.6. The second-order valence-corrected chi connectivity index (χ2v) is 10.6. The summed E-state index contributed by atoms with van der Waals surface area (Å²) in [7, 11) is 0. The summed E-state index contributed by atoms with van der Waals surface area (Å²) in [4.78, 5) is 43.1. The molecule has 0 bridgehead atoms. The maximum atomic E-state index is 13.6. The van der Waals surface area contributed by atoms with Crippen LogP contribution >= 0.6 is 0 Å². The second kappa shape index (κ2) is 15.3. The summed E-state index contributed by atoms with van der Waals surface area (Å²) in [6.45, 7) is 0. The van der Waals surface area contributed by atoms with Gasteiger partial charge in [0.25, 0.3) is 0 Å². The van der Waals surface area contributed by atoms with Crippen molar-refractivity contribution in [1.82, 2.24) is 10.6 Å². The first-order valence-electron chi connectivity index (χ1n) is 14.3. The number of primary amides is 1. The van der Waals surface area contributed by atoms with Crippen LogP contribution in [0.25, 0.3) is 11.1 Å². The fraction of sp³-hybridized carbons (Fsp3) is 0.176. The number of hydrogen-bond acceptors (Lipinski definition) is 5. The summed E-state index contributed by atoms with van der Waals surface area (Å²) >= 11 is 0. The molecule has 4 aromatic carbocycles. The van der Waals surface area contributed by atoms with E-state index in [0.29, 0.717) is 11.3 Å². The molecule has 0 saturated heterocycles. The number of nitrogens with zero attached hydrogens (tertiary/aromatic N) is 1. The van der Waals surface area contributed by atoms with Crippen LogP contribution in [-0.4, -0.2) is 41.8 Å². The van der Waals surface area contributed by atoms with Gasteiger partial charge >= 0.3 is 0 Å². The van der Waals surface area contributed by atoms with Crippen molar-refractivity contribution in [3.8, 4) is 11.1 Å². The molecule has 4 rings (SSSR count). The molecule has 0 spiro atoms. The molecule has 45 heavy (non-hydrogen) atoms. The van der Waals surface area contributed by atoms with Gasteiger partial charge in [0, 0.05) is 12.8 Å². The third-order valence-corrected chi connectivity index (χ3v) is 7.13. The van der Waals surface area contributed by atoms with E-state index in [2.05, 4.69) is 15.6 Å². The first kappa shape index (κ1) is 32.4. The van der Waals surface area contributed by atoms with Crippen LogP contribution in [-0.2, 0) is 33.6 Å². The molecule has 0 fully saturated rings. The smallest absolute Gasteiger partial charge is 0.243 e. The minimum absolute atomic E-state index is 0.0448. The molecule has 0 aliphatic carbocycles. The van der Waals surface area contributed by atoms with Gasteiger partial charge in [-0.1, -0.05) is 78.9 Å². The molecule has 10 N–H and O–H groups in total. The van der Waals surface area contributed by atoms with E-state index in [4.69, 9.17) is 22.9 Å². The molecule has 3 atom stereocenters. The van der Waals surface area contributed by atoms with E-state index >= 15 is 0 Å². The molecule has 0 unspecified atom stereocenters. The number of nitrogens with two attached hydrogens (primary N) is 4. The van der Waals surface area contributed by atoms with Gasteiger partial charge < -0.3 is 33.6 Å². The van der Waals surface area contributed by atoms with E-state index in [1.807, 2.05) is 54.6 Å². The number of aliphatic imine (C=N–C) groups is 1. The quantitative estimate of drug-likeness (QED) is 0.0994. The highest BCUT2D eigenvalue weighted by molar-refractivity contribution is 5.93. The predicted molar refractivity (Wildman–Crippen MR) is 172 cm³/mol. The highest BCUT2D eigenvalue weighted by Crippen LogP contribution is 2.20. The van der Waals surface area contributed by atoms with E-state index in [1.165, 1.54) is 24.3 Å². The van der Waals surface area contributed by atoms with Crippen LogP contribution in [0.4, 0.5) is 10.1 Å². The molecule has 4 aromatic rings. The molecule has 0 aliphatic heterocycles. The minimum atomic E-state index is -1.10. The van der Waals surface area contributed by atoms with Crippen LogP contribution in [0.2, 0.25) is 0 Å². The zero-order valence-corrected chi connectivity index (χ0v) is 24.5. The van der Waals surface area contributed by atoms with Gasteiger partial charge in [-0.05, 0) is 58.5 Å². The lowest BCUT2D eigenvalue weighted by atomic mass is 9.99. The van der Waals surface area contributed by atoms with E-state index in [9.17, 15) is 18.8 Å². The number of halogens is 1. The van der Waals surface area contributed by atoms with Crippen LogP contribution in [0.5, 0.6) is 0 Å². The number of benzene rings is 4. The van der Waals surface area contributed by atoms with Crippen molar-refractivity contribution in [2.24, 2.45) is 27.9 Å². The van der Waals surface area contributed by atoms with E-state index in [-0.39, 0.29) is 25.2 Å². The Hall–Kier alpha value is -5.55. The normalized spacial score (nSPS) is 12.8. The number of hydrogen-bond donors (Lipinski definition) is 6. The largest absolute Gasteiger partial charge is 0.370 e. The summed E-state index contributed by atoms with van der Waals surface area (Å²) in [5.74, 6) is -2.45. The van der Waals surface area contributed by atoms with Gasteiger partial charge in [-0.2, -0.15) is 0 Å². The number of rotatable bonds is 13. The molecule has 0 heterocycles. The molecule has 0 aromatic heterocycles. The number of carbonyl (C=O) groups is 3. The molecule has 10 nitrogen and oxygen atoms in total. The topological polar surface area (TPSA) is 192 Å². The Kier molecular flexibility index (Phi) is 11.0. The predicted octanol–water partition coefficient (Wildman–Crippen LogP) is 2.21. The van der Waals surface area contributed by atoms with Crippen molar-refractivity contribution in [3.05, 3.63) is 126 Å². The Labute approximate surface area is 260 Å². The first-order valence-corrected chi connectivity index (χ1v) is 14.3. The van der Waals surface area contributed by atoms with Crippen molar-refractivity contribution < 1.29 is 18.8 Å². The molecular weight excluding hydrogens is 573 g/mol. The van der Waals surface area contributed by atoms with Gasteiger partial charge in [-0.15, -0.1) is 0 Å². The standard InChI is InChI=1S/C34H36FN7O3/c35-26-14-8-23(9-15-26)19-29(31(37)43)41-33(45)30(20-22-6-12-25(13-7-22)24-4-2-1-3-5-24)42-32(44)28(36)18-21-10-16-27(17-11-21)40-34(38)39/h1-17,28-30H,18-20,36H2,(H2,37,43)(H,41,45)(H,42,44)(H4,38,39,40)/t28-,29-,30-/m0/s1. The van der Waals surface area contributed by atoms with Crippen molar-refractivity contribution in [2.45, 2.75) is 37.4 Å². The van der Waals surface area contributed by atoms with Crippen LogP contribution in [0, 0.1) is 5.82 Å². The highest BCUT2D eigenvalue weighted by atomic mass is 19.1. The van der Waals surface area contributed by atoms with Crippen LogP contribution in [0.3, 0.4) is 0 Å². The maximum absolute atomic E-state index is 13.6. The van der Waals surface area contributed by atoms with Gasteiger partial charge in [0.15, 0.2) is 5.96 Å². The monoisotopic (exact) mass is 609 g/mol. The summed E-state index contributed by atoms with van der Waals surface area (Å²) in [6.07, 6.45) is 0.348. The third-order valence-electron chi connectivity index (χ3n) is 7.13. The molecule has 11 heteroatoms. The van der Waals surface area contributed by atoms with Gasteiger partial charge in [0.1, 0.15) is 17.9 Å². The Morgan fingerprint density at radius 2 is 1.11 bits per heavy atom. The van der Waals surface area contributed by atoms with Crippen molar-refractivity contribution in [1.29, 1.82) is 0 Å². The highest BCUT2D eigenvalue weighted by Gasteiger charge is 2.28. The first-order chi connectivity index (χ1) is 21.6. The minimum Gasteiger partial charge on any atom is -0.370 e. The summed E-state index contributed by atoms with van der Waals surface area (Å²) in [5, 5.41) is 5.41. The fourth-order valence-corrected chi connectivity index (χ4v) is 4.74. The molecule has 232 valence electrons. The van der Waals surface area contributed by atoms with E-state index in [0.717, 1.165) is 22.3 Å². The summed E-state index contributed by atoms with van der Waals surface area (Å²) < 4.78 is 13.4. The zero-order chi connectivity index (χ0) is 32.3. The van der Waals surface area contributed by atoms with Crippen molar-refractivity contribution in [2.75, 3.05) is 0 Å². The number of carbonyl (C=O) groups excluding carboxylic acids is 3. The Bertz CT molecular complexity index is 1620. The summed E-state index contributed by atoms with van der Waals surface area (Å²) in [5.41, 5.74) is 27.4. The molecule has 0 saturated carbocycles. The average molecular weight is 610 g/mol. The molecular formula is C34H36FN7O3. The maximum Gasteiger partial charge on any atom is 0.243 e. The van der Waals surface area contributed by atoms with Crippen LogP contribution in [0.1, 0.15) is 16.7 Å². The SMILES string of the molecule is NC(=O)[C@H](Cc1ccc(F)cc1)NC(=O)[C@H](Cc1ccc(-c2ccccc2)cc1)NC(=O)[C@@H](N)Cc1ccc(N=C(N)N)cc1. The third kappa shape index (κ3) is 9.73. The average Bonchev–Trinajstić information content (AvgIpc) is 3.02. The Balaban J connectivity index is 1.50. The Morgan fingerprint density at radius 3 is 1.69 bits per heavy atom. The lowest BCUT2D eigenvalue weighted by molar-refractivity contribution is -0.131. The van der Waals surface area contributed by atoms with Gasteiger partial charge in [-0.25, -0.2) is 9.38 Å². The van der Waals surface area contributed by atoms with Gasteiger partial charge in [-0.3, -0.25) is 14.4 Å². The van der Waals surface area contributed by atoms with E-state index < -0.39 is 41.7 Å². The molecule has 0 radical (unpaired) electrons. The van der Waals surface area contributed by atoms with Crippen LogP contribution < -0.4 is 33.6 Å². The zero-order valence-electron chi connectivity index (χ0n) is 24.5. The fourth-order valence-electron chi connectivity index (χ4n) is 4.74. The Morgan fingerprint density at radius 1 is 0.622 bits per heavy atom. The number of amides is 3. The number of nitrogens with one attached hydrogen (secondary N) is 2.